The van der Waals surface area contributed by atoms with Gasteiger partial charge in [-0.25, -0.2) is 4.39 Å². The quantitative estimate of drug-likeness (QED) is 0.876. The number of rotatable bonds is 5. The Kier molecular flexibility index (Phi) is 5.43. The topological polar surface area (TPSA) is 58.2 Å². The predicted octanol–water partition coefficient (Wildman–Crippen LogP) is 3.43. The van der Waals surface area contributed by atoms with Gasteiger partial charge in [-0.15, -0.1) is 0 Å². The first-order valence-electron chi connectivity index (χ1n) is 8.55. The van der Waals surface area contributed by atoms with Gasteiger partial charge in [0.05, 0.1) is 0 Å². The fourth-order valence-corrected chi connectivity index (χ4v) is 3.03. The molecule has 0 aromatic heterocycles. The van der Waals surface area contributed by atoms with Crippen LogP contribution in [0.25, 0.3) is 0 Å². The SMILES string of the molecule is O=C(NCc1ccc(F)cc1)c1cccc(C(=O)NC2CCCC2)c1. The van der Waals surface area contributed by atoms with Gasteiger partial charge in [-0.2, -0.15) is 0 Å². The number of halogens is 1. The van der Waals surface area contributed by atoms with Crippen LogP contribution in [0.4, 0.5) is 4.39 Å². The van der Waals surface area contributed by atoms with Crippen molar-refractivity contribution in [2.24, 2.45) is 0 Å². The molecule has 130 valence electrons. The number of hydrogen-bond donors (Lipinski definition) is 2. The molecule has 5 heteroatoms. The molecule has 0 atom stereocenters. The average Bonchev–Trinajstić information content (AvgIpc) is 3.14. The average molecular weight is 340 g/mol. The molecule has 2 amide bonds. The minimum Gasteiger partial charge on any atom is -0.349 e. The molecule has 0 heterocycles. The zero-order valence-electron chi connectivity index (χ0n) is 13.9. The predicted molar refractivity (Wildman–Crippen MR) is 93.7 cm³/mol. The Morgan fingerprint density at radius 1 is 0.960 bits per heavy atom. The Labute approximate surface area is 146 Å². The van der Waals surface area contributed by atoms with Crippen LogP contribution in [0.1, 0.15) is 52.0 Å². The summed E-state index contributed by atoms with van der Waals surface area (Å²) >= 11 is 0. The molecule has 1 saturated carbocycles. The van der Waals surface area contributed by atoms with Crippen LogP contribution in [0, 0.1) is 5.82 Å². The van der Waals surface area contributed by atoms with Gasteiger partial charge in [0.15, 0.2) is 0 Å². The van der Waals surface area contributed by atoms with Crippen molar-refractivity contribution in [3.63, 3.8) is 0 Å². The van der Waals surface area contributed by atoms with Crippen LogP contribution in [0.3, 0.4) is 0 Å². The lowest BCUT2D eigenvalue weighted by Crippen LogP contribution is -2.32. The summed E-state index contributed by atoms with van der Waals surface area (Å²) in [5, 5.41) is 5.80. The van der Waals surface area contributed by atoms with E-state index in [-0.39, 0.29) is 23.7 Å². The van der Waals surface area contributed by atoms with Crippen molar-refractivity contribution >= 4 is 11.8 Å². The zero-order valence-corrected chi connectivity index (χ0v) is 13.9. The third-order valence-corrected chi connectivity index (χ3v) is 4.44. The maximum absolute atomic E-state index is 12.9. The second kappa shape index (κ2) is 7.92. The summed E-state index contributed by atoms with van der Waals surface area (Å²) in [6, 6.07) is 12.9. The van der Waals surface area contributed by atoms with Gasteiger partial charge in [-0.1, -0.05) is 31.0 Å². The number of benzene rings is 2. The Bertz CT molecular complexity index is 753. The second-order valence-corrected chi connectivity index (χ2v) is 6.34. The molecule has 0 spiro atoms. The third-order valence-electron chi connectivity index (χ3n) is 4.44. The number of hydrogen-bond acceptors (Lipinski definition) is 2. The summed E-state index contributed by atoms with van der Waals surface area (Å²) < 4.78 is 12.9. The summed E-state index contributed by atoms with van der Waals surface area (Å²) in [7, 11) is 0. The van der Waals surface area contributed by atoms with Crippen LogP contribution in [-0.4, -0.2) is 17.9 Å². The molecule has 0 unspecified atom stereocenters. The molecule has 0 saturated heterocycles. The zero-order chi connectivity index (χ0) is 17.6. The number of nitrogens with one attached hydrogen (secondary N) is 2. The molecular formula is C20H21FN2O2. The molecule has 2 aromatic rings. The van der Waals surface area contributed by atoms with E-state index in [9.17, 15) is 14.0 Å². The first-order chi connectivity index (χ1) is 12.1. The van der Waals surface area contributed by atoms with Gasteiger partial charge >= 0.3 is 0 Å². The Morgan fingerprint density at radius 3 is 2.28 bits per heavy atom. The minimum atomic E-state index is -0.309. The summed E-state index contributed by atoms with van der Waals surface area (Å²) in [6.07, 6.45) is 4.33. The van der Waals surface area contributed by atoms with Crippen LogP contribution < -0.4 is 10.6 Å². The van der Waals surface area contributed by atoms with Gasteiger partial charge in [-0.05, 0) is 48.7 Å². The highest BCUT2D eigenvalue weighted by Crippen LogP contribution is 2.18. The van der Waals surface area contributed by atoms with Crippen LogP contribution in [0.2, 0.25) is 0 Å². The van der Waals surface area contributed by atoms with Gasteiger partial charge in [0.1, 0.15) is 5.82 Å². The fraction of sp³-hybridized carbons (Fsp3) is 0.300. The normalized spacial score (nSPS) is 14.3. The van der Waals surface area contributed by atoms with E-state index in [1.54, 1.807) is 36.4 Å². The summed E-state index contributed by atoms with van der Waals surface area (Å²) in [5.41, 5.74) is 1.73. The van der Waals surface area contributed by atoms with Crippen LogP contribution in [0.5, 0.6) is 0 Å². The van der Waals surface area contributed by atoms with Gasteiger partial charge in [0.2, 0.25) is 0 Å². The highest BCUT2D eigenvalue weighted by Gasteiger charge is 2.18. The molecule has 2 aromatic carbocycles. The smallest absolute Gasteiger partial charge is 0.251 e. The van der Waals surface area contributed by atoms with E-state index in [0.29, 0.717) is 17.7 Å². The van der Waals surface area contributed by atoms with E-state index in [4.69, 9.17) is 0 Å². The molecule has 25 heavy (non-hydrogen) atoms. The Morgan fingerprint density at radius 2 is 1.60 bits per heavy atom. The standard InChI is InChI=1S/C20H21FN2O2/c21-17-10-8-14(9-11-17)13-22-19(24)15-4-3-5-16(12-15)20(25)23-18-6-1-2-7-18/h3-5,8-12,18H,1-2,6-7,13H2,(H,22,24)(H,23,25). The number of carbonyl (C=O) groups excluding carboxylic acids is 2. The van der Waals surface area contributed by atoms with Crippen LogP contribution in [-0.2, 0) is 6.54 Å². The summed E-state index contributed by atoms with van der Waals surface area (Å²) in [4.78, 5) is 24.6. The van der Waals surface area contributed by atoms with E-state index < -0.39 is 0 Å². The highest BCUT2D eigenvalue weighted by atomic mass is 19.1. The van der Waals surface area contributed by atoms with E-state index in [2.05, 4.69) is 10.6 Å². The van der Waals surface area contributed by atoms with Crippen molar-refractivity contribution in [3.05, 3.63) is 71.0 Å². The molecular weight excluding hydrogens is 319 g/mol. The third kappa shape index (κ3) is 4.66. The maximum Gasteiger partial charge on any atom is 0.251 e. The van der Waals surface area contributed by atoms with Gasteiger partial charge < -0.3 is 10.6 Å². The van der Waals surface area contributed by atoms with Gasteiger partial charge in [-0.3, -0.25) is 9.59 Å². The van der Waals surface area contributed by atoms with Crippen molar-refractivity contribution in [3.8, 4) is 0 Å². The molecule has 0 aliphatic heterocycles. The van der Waals surface area contributed by atoms with Crippen molar-refractivity contribution in [1.82, 2.24) is 10.6 Å². The molecule has 1 aliphatic carbocycles. The van der Waals surface area contributed by atoms with E-state index in [1.165, 1.54) is 12.1 Å². The number of amides is 2. The number of carbonyl (C=O) groups is 2. The van der Waals surface area contributed by atoms with Gasteiger partial charge in [0.25, 0.3) is 11.8 Å². The maximum atomic E-state index is 12.9. The van der Waals surface area contributed by atoms with Crippen LogP contribution >= 0.6 is 0 Å². The first-order valence-corrected chi connectivity index (χ1v) is 8.55. The Balaban J connectivity index is 1.60. The fourth-order valence-electron chi connectivity index (χ4n) is 3.03. The molecule has 4 nitrogen and oxygen atoms in total. The molecule has 0 radical (unpaired) electrons. The molecule has 1 aliphatic rings. The molecule has 3 rings (SSSR count). The lowest BCUT2D eigenvalue weighted by atomic mass is 10.1. The van der Waals surface area contributed by atoms with Crippen molar-refractivity contribution in [1.29, 1.82) is 0 Å². The van der Waals surface area contributed by atoms with E-state index in [1.807, 2.05) is 0 Å². The van der Waals surface area contributed by atoms with Crippen LogP contribution in [0.15, 0.2) is 48.5 Å². The Hall–Kier alpha value is -2.69. The molecule has 1 fully saturated rings. The monoisotopic (exact) mass is 340 g/mol. The minimum absolute atomic E-state index is 0.139. The van der Waals surface area contributed by atoms with Gasteiger partial charge in [0, 0.05) is 23.7 Å². The van der Waals surface area contributed by atoms with Crippen molar-refractivity contribution in [2.45, 2.75) is 38.3 Å². The summed E-state index contributed by atoms with van der Waals surface area (Å²) in [5.74, 6) is -0.712. The second-order valence-electron chi connectivity index (χ2n) is 6.34. The largest absolute Gasteiger partial charge is 0.349 e. The lowest BCUT2D eigenvalue weighted by molar-refractivity contribution is 0.0938. The van der Waals surface area contributed by atoms with Crippen molar-refractivity contribution < 1.29 is 14.0 Å². The lowest BCUT2D eigenvalue weighted by Gasteiger charge is -2.12. The van der Waals surface area contributed by atoms with E-state index in [0.717, 1.165) is 31.2 Å². The molecule has 2 N–H and O–H groups in total. The van der Waals surface area contributed by atoms with E-state index >= 15 is 0 Å². The summed E-state index contributed by atoms with van der Waals surface area (Å²) in [6.45, 7) is 0.303. The first kappa shape index (κ1) is 17.1. The van der Waals surface area contributed by atoms with Crippen molar-refractivity contribution in [2.75, 3.05) is 0 Å². The highest BCUT2D eigenvalue weighted by molar-refractivity contribution is 5.99. The molecule has 0 bridgehead atoms.